The number of nitrogens with zero attached hydrogens (tertiary/aromatic N) is 1. The fourth-order valence-corrected chi connectivity index (χ4v) is 2.91. The number of hydrogen-bond acceptors (Lipinski definition) is 5. The highest BCUT2D eigenvalue weighted by atomic mass is 19.1. The average Bonchev–Trinajstić information content (AvgIpc) is 2.79. The molecule has 0 saturated carbocycles. The van der Waals surface area contributed by atoms with Gasteiger partial charge in [-0.05, 0) is 66.6 Å². The number of hydrogen-bond donors (Lipinski definition) is 2. The van der Waals surface area contributed by atoms with Crippen LogP contribution >= 0.6 is 0 Å². The lowest BCUT2D eigenvalue weighted by Crippen LogP contribution is -2.18. The first-order valence-electron chi connectivity index (χ1n) is 10.3. The third-order valence-corrected chi connectivity index (χ3v) is 4.40. The van der Waals surface area contributed by atoms with E-state index in [-0.39, 0.29) is 18.3 Å². The van der Waals surface area contributed by atoms with E-state index < -0.39 is 5.91 Å². The van der Waals surface area contributed by atoms with Gasteiger partial charge in [0.1, 0.15) is 12.4 Å². The summed E-state index contributed by atoms with van der Waals surface area (Å²) in [5.41, 5.74) is 4.87. The molecule has 0 unspecified atom stereocenters. The number of ether oxygens (including phenoxy) is 2. The van der Waals surface area contributed by atoms with E-state index in [0.29, 0.717) is 34.9 Å². The van der Waals surface area contributed by atoms with Crippen molar-refractivity contribution in [3.05, 3.63) is 89.2 Å². The van der Waals surface area contributed by atoms with E-state index in [1.807, 2.05) is 6.92 Å². The van der Waals surface area contributed by atoms with Crippen molar-refractivity contribution in [2.24, 2.45) is 5.10 Å². The first-order valence-corrected chi connectivity index (χ1v) is 10.3. The normalized spacial score (nSPS) is 10.6. The second-order valence-electron chi connectivity index (χ2n) is 7.02. The van der Waals surface area contributed by atoms with Gasteiger partial charge in [-0.1, -0.05) is 18.2 Å². The Labute approximate surface area is 191 Å². The van der Waals surface area contributed by atoms with Crippen LogP contribution < -0.4 is 20.2 Å². The minimum atomic E-state index is -0.414. The third-order valence-electron chi connectivity index (χ3n) is 4.40. The lowest BCUT2D eigenvalue weighted by atomic mass is 10.2. The number of anilines is 1. The first-order chi connectivity index (χ1) is 15.9. The Kier molecular flexibility index (Phi) is 8.13. The third kappa shape index (κ3) is 7.17. The maximum Gasteiger partial charge on any atom is 0.271 e. The summed E-state index contributed by atoms with van der Waals surface area (Å²) in [4.78, 5) is 23.5. The summed E-state index contributed by atoms with van der Waals surface area (Å²) in [5, 5.41) is 6.63. The molecule has 2 amide bonds. The van der Waals surface area contributed by atoms with Crippen molar-refractivity contribution >= 4 is 23.7 Å². The van der Waals surface area contributed by atoms with Crippen LogP contribution in [0.4, 0.5) is 10.1 Å². The van der Waals surface area contributed by atoms with Gasteiger partial charge >= 0.3 is 0 Å². The van der Waals surface area contributed by atoms with E-state index in [0.717, 1.165) is 5.56 Å². The lowest BCUT2D eigenvalue weighted by molar-refractivity contribution is -0.114. The molecule has 3 rings (SSSR count). The largest absolute Gasteiger partial charge is 0.490 e. The monoisotopic (exact) mass is 449 g/mol. The SMILES string of the molecule is CCOc1cc(C=NNC(=O)c2cccc(NC(C)=O)c2)ccc1OCc1ccc(F)cc1. The van der Waals surface area contributed by atoms with Crippen molar-refractivity contribution in [1.29, 1.82) is 0 Å². The Morgan fingerprint density at radius 3 is 2.52 bits per heavy atom. The van der Waals surface area contributed by atoms with E-state index in [1.165, 1.54) is 25.3 Å². The van der Waals surface area contributed by atoms with Crippen LogP contribution in [0.25, 0.3) is 0 Å². The van der Waals surface area contributed by atoms with Crippen LogP contribution in [0.1, 0.15) is 35.3 Å². The fraction of sp³-hybridized carbons (Fsp3) is 0.160. The predicted octanol–water partition coefficient (Wildman–Crippen LogP) is 4.53. The van der Waals surface area contributed by atoms with Gasteiger partial charge in [0.2, 0.25) is 5.91 Å². The molecule has 0 aromatic heterocycles. The van der Waals surface area contributed by atoms with Crippen LogP contribution in [0.3, 0.4) is 0 Å². The van der Waals surface area contributed by atoms with Gasteiger partial charge in [0.25, 0.3) is 5.91 Å². The molecule has 0 saturated heterocycles. The summed E-state index contributed by atoms with van der Waals surface area (Å²) < 4.78 is 24.5. The van der Waals surface area contributed by atoms with Gasteiger partial charge in [-0.2, -0.15) is 5.10 Å². The summed E-state index contributed by atoms with van der Waals surface area (Å²) in [7, 11) is 0. The molecule has 0 atom stereocenters. The zero-order chi connectivity index (χ0) is 23.6. The Morgan fingerprint density at radius 2 is 1.79 bits per heavy atom. The van der Waals surface area contributed by atoms with Crippen molar-refractivity contribution in [1.82, 2.24) is 5.43 Å². The van der Waals surface area contributed by atoms with Gasteiger partial charge in [0, 0.05) is 18.2 Å². The van der Waals surface area contributed by atoms with Crippen LogP contribution in [-0.2, 0) is 11.4 Å². The standard InChI is InChI=1S/C25H24FN3O4/c1-3-32-24-13-19(9-12-23(24)33-16-18-7-10-21(26)11-8-18)15-27-29-25(31)20-5-4-6-22(14-20)28-17(2)30/h4-15H,3,16H2,1-2H3,(H,28,30)(H,29,31). The van der Waals surface area contributed by atoms with E-state index >= 15 is 0 Å². The smallest absolute Gasteiger partial charge is 0.271 e. The number of amides is 2. The molecule has 0 bridgehead atoms. The van der Waals surface area contributed by atoms with E-state index in [1.54, 1.807) is 54.6 Å². The quantitative estimate of drug-likeness (QED) is 0.371. The molecule has 2 N–H and O–H groups in total. The maximum atomic E-state index is 13.1. The Morgan fingerprint density at radius 1 is 1.00 bits per heavy atom. The minimum Gasteiger partial charge on any atom is -0.490 e. The fourth-order valence-electron chi connectivity index (χ4n) is 2.91. The van der Waals surface area contributed by atoms with Crippen LogP contribution in [-0.4, -0.2) is 24.6 Å². The number of benzene rings is 3. The Bertz CT molecular complexity index is 1150. The molecule has 0 aliphatic heterocycles. The molecule has 0 fully saturated rings. The number of carbonyl (C=O) groups is 2. The molecule has 0 heterocycles. The molecule has 0 radical (unpaired) electrons. The molecule has 3 aromatic rings. The first kappa shape index (κ1) is 23.5. The molecule has 33 heavy (non-hydrogen) atoms. The number of nitrogens with one attached hydrogen (secondary N) is 2. The second-order valence-corrected chi connectivity index (χ2v) is 7.02. The van der Waals surface area contributed by atoms with E-state index in [4.69, 9.17) is 9.47 Å². The summed E-state index contributed by atoms with van der Waals surface area (Å²) in [6.07, 6.45) is 1.49. The van der Waals surface area contributed by atoms with E-state index in [9.17, 15) is 14.0 Å². The van der Waals surface area contributed by atoms with E-state index in [2.05, 4.69) is 15.8 Å². The van der Waals surface area contributed by atoms with Crippen LogP contribution in [0.2, 0.25) is 0 Å². The summed E-state index contributed by atoms with van der Waals surface area (Å²) in [6, 6.07) is 17.9. The van der Waals surface area contributed by atoms with Gasteiger partial charge in [-0.3, -0.25) is 9.59 Å². The molecule has 0 spiro atoms. The number of halogens is 1. The van der Waals surface area contributed by atoms with Gasteiger partial charge in [-0.15, -0.1) is 0 Å². The topological polar surface area (TPSA) is 89.0 Å². The zero-order valence-corrected chi connectivity index (χ0v) is 18.3. The highest BCUT2D eigenvalue weighted by molar-refractivity contribution is 5.97. The van der Waals surface area contributed by atoms with Gasteiger partial charge in [0.15, 0.2) is 11.5 Å². The molecule has 0 aliphatic rings. The highest BCUT2D eigenvalue weighted by Crippen LogP contribution is 2.29. The summed E-state index contributed by atoms with van der Waals surface area (Å²) in [6.45, 7) is 3.96. The van der Waals surface area contributed by atoms with Crippen LogP contribution in [0.15, 0.2) is 71.8 Å². The van der Waals surface area contributed by atoms with Gasteiger partial charge < -0.3 is 14.8 Å². The average molecular weight is 449 g/mol. The summed E-state index contributed by atoms with van der Waals surface area (Å²) >= 11 is 0. The Hall–Kier alpha value is -4.20. The zero-order valence-electron chi connectivity index (χ0n) is 18.3. The van der Waals surface area contributed by atoms with Crippen LogP contribution in [0.5, 0.6) is 11.5 Å². The minimum absolute atomic E-state index is 0.222. The molecule has 3 aromatic carbocycles. The predicted molar refractivity (Wildman–Crippen MR) is 124 cm³/mol. The molecule has 7 nitrogen and oxygen atoms in total. The maximum absolute atomic E-state index is 13.1. The van der Waals surface area contributed by atoms with Crippen molar-refractivity contribution in [3.8, 4) is 11.5 Å². The molecular formula is C25H24FN3O4. The van der Waals surface area contributed by atoms with Crippen molar-refractivity contribution < 1.29 is 23.5 Å². The second kappa shape index (κ2) is 11.4. The Balaban J connectivity index is 1.64. The van der Waals surface area contributed by atoms with Crippen molar-refractivity contribution in [3.63, 3.8) is 0 Å². The summed E-state index contributed by atoms with van der Waals surface area (Å²) in [5.74, 6) is 0.128. The molecular weight excluding hydrogens is 425 g/mol. The molecule has 8 heteroatoms. The molecule has 0 aliphatic carbocycles. The van der Waals surface area contributed by atoms with Gasteiger partial charge in [0.05, 0.1) is 12.8 Å². The van der Waals surface area contributed by atoms with Gasteiger partial charge in [-0.25, -0.2) is 9.82 Å². The van der Waals surface area contributed by atoms with Crippen molar-refractivity contribution in [2.75, 3.05) is 11.9 Å². The number of carbonyl (C=O) groups excluding carboxylic acids is 2. The molecule has 170 valence electrons. The number of rotatable bonds is 9. The number of hydrazone groups is 1. The highest BCUT2D eigenvalue weighted by Gasteiger charge is 2.08. The van der Waals surface area contributed by atoms with Crippen LogP contribution in [0, 0.1) is 5.82 Å². The van der Waals surface area contributed by atoms with Crippen molar-refractivity contribution in [2.45, 2.75) is 20.5 Å². The lowest BCUT2D eigenvalue weighted by Gasteiger charge is -2.12.